The third-order valence-corrected chi connectivity index (χ3v) is 3.70. The number of para-hydroxylation sites is 1. The number of rotatable bonds is 4. The third kappa shape index (κ3) is 2.91. The van der Waals surface area contributed by atoms with Gasteiger partial charge in [0.1, 0.15) is 0 Å². The molecule has 0 saturated carbocycles. The summed E-state index contributed by atoms with van der Waals surface area (Å²) in [7, 11) is 3.32. The van der Waals surface area contributed by atoms with Crippen LogP contribution in [0.1, 0.15) is 40.3 Å². The Morgan fingerprint density at radius 2 is 2.00 bits per heavy atom. The first kappa shape index (κ1) is 15.1. The molecule has 2 aromatic rings. The molecule has 1 unspecified atom stereocenters. The van der Waals surface area contributed by atoms with Gasteiger partial charge < -0.3 is 10.1 Å². The van der Waals surface area contributed by atoms with Crippen LogP contribution in [0.2, 0.25) is 0 Å². The Bertz CT molecular complexity index is 662. The molecule has 1 N–H and O–H groups in total. The monoisotopic (exact) mass is 287 g/mol. The van der Waals surface area contributed by atoms with E-state index in [1.807, 2.05) is 43.8 Å². The van der Waals surface area contributed by atoms with Crippen LogP contribution in [0.25, 0.3) is 0 Å². The molecule has 5 heteroatoms. The van der Waals surface area contributed by atoms with Crippen molar-refractivity contribution in [1.29, 1.82) is 0 Å². The van der Waals surface area contributed by atoms with Crippen LogP contribution in [0.4, 0.5) is 5.69 Å². The molecule has 0 aliphatic carbocycles. The number of nitrogens with one attached hydrogen (secondary N) is 1. The van der Waals surface area contributed by atoms with Gasteiger partial charge in [-0.25, -0.2) is 4.79 Å². The molecule has 5 nitrogen and oxygen atoms in total. The predicted octanol–water partition coefficient (Wildman–Crippen LogP) is 3.00. The lowest BCUT2D eigenvalue weighted by molar-refractivity contribution is 0.0602. The van der Waals surface area contributed by atoms with Gasteiger partial charge in [-0.15, -0.1) is 0 Å². The summed E-state index contributed by atoms with van der Waals surface area (Å²) in [6.45, 7) is 6.09. The summed E-state index contributed by atoms with van der Waals surface area (Å²) in [5, 5.41) is 7.81. The molecule has 0 aliphatic heterocycles. The van der Waals surface area contributed by atoms with E-state index in [9.17, 15) is 4.79 Å². The van der Waals surface area contributed by atoms with Crippen molar-refractivity contribution in [3.63, 3.8) is 0 Å². The molecule has 1 aromatic carbocycles. The van der Waals surface area contributed by atoms with E-state index < -0.39 is 0 Å². The highest BCUT2D eigenvalue weighted by Crippen LogP contribution is 2.26. The van der Waals surface area contributed by atoms with Crippen molar-refractivity contribution in [3.8, 4) is 0 Å². The molecular weight excluding hydrogens is 266 g/mol. The Labute approximate surface area is 124 Å². The van der Waals surface area contributed by atoms with E-state index >= 15 is 0 Å². The first-order chi connectivity index (χ1) is 9.95. The Morgan fingerprint density at radius 1 is 1.33 bits per heavy atom. The first-order valence-corrected chi connectivity index (χ1v) is 6.89. The van der Waals surface area contributed by atoms with Crippen molar-refractivity contribution >= 4 is 11.7 Å². The number of benzene rings is 1. The lowest BCUT2D eigenvalue weighted by Gasteiger charge is -2.18. The molecule has 1 aromatic heterocycles. The van der Waals surface area contributed by atoms with Gasteiger partial charge in [-0.2, -0.15) is 5.10 Å². The molecule has 0 bridgehead atoms. The second-order valence-corrected chi connectivity index (χ2v) is 5.11. The second kappa shape index (κ2) is 5.99. The van der Waals surface area contributed by atoms with Gasteiger partial charge >= 0.3 is 5.97 Å². The molecule has 112 valence electrons. The van der Waals surface area contributed by atoms with Gasteiger partial charge in [-0.3, -0.25) is 4.68 Å². The van der Waals surface area contributed by atoms with Gasteiger partial charge in [-0.05, 0) is 32.9 Å². The normalized spacial score (nSPS) is 12.0. The molecule has 1 atom stereocenters. The van der Waals surface area contributed by atoms with Crippen LogP contribution in [0.3, 0.4) is 0 Å². The third-order valence-electron chi connectivity index (χ3n) is 3.70. The van der Waals surface area contributed by atoms with E-state index in [0.29, 0.717) is 5.56 Å². The number of carbonyl (C=O) groups is 1. The van der Waals surface area contributed by atoms with Crippen LogP contribution in [-0.2, 0) is 11.8 Å². The van der Waals surface area contributed by atoms with Crippen molar-refractivity contribution in [3.05, 3.63) is 46.8 Å². The van der Waals surface area contributed by atoms with Crippen LogP contribution in [0.15, 0.2) is 24.3 Å². The number of anilines is 1. The molecular formula is C16H21N3O2. The van der Waals surface area contributed by atoms with Gasteiger partial charge in [0.2, 0.25) is 0 Å². The largest absolute Gasteiger partial charge is 0.465 e. The van der Waals surface area contributed by atoms with Crippen molar-refractivity contribution in [2.24, 2.45) is 7.05 Å². The van der Waals surface area contributed by atoms with Crippen molar-refractivity contribution in [2.45, 2.75) is 26.8 Å². The second-order valence-electron chi connectivity index (χ2n) is 5.11. The van der Waals surface area contributed by atoms with E-state index in [4.69, 9.17) is 4.74 Å². The summed E-state index contributed by atoms with van der Waals surface area (Å²) in [4.78, 5) is 11.8. The summed E-state index contributed by atoms with van der Waals surface area (Å²) in [6, 6.07) is 7.39. The molecule has 0 amide bonds. The fourth-order valence-electron chi connectivity index (χ4n) is 2.62. The Balaban J connectivity index is 2.32. The average Bonchev–Trinajstić information content (AvgIpc) is 2.71. The van der Waals surface area contributed by atoms with Crippen molar-refractivity contribution in [1.82, 2.24) is 9.78 Å². The standard InChI is InChI=1S/C16H21N3O2/c1-10(15-11(2)18-19(4)12(15)3)17-14-9-7-6-8-13(14)16(20)21-5/h6-10,17H,1-5H3. The number of hydrogen-bond acceptors (Lipinski definition) is 4. The van der Waals surface area contributed by atoms with Gasteiger partial charge in [0, 0.05) is 24.0 Å². The van der Waals surface area contributed by atoms with Crippen molar-refractivity contribution in [2.75, 3.05) is 12.4 Å². The molecule has 1 heterocycles. The Kier molecular flexibility index (Phi) is 4.31. The summed E-state index contributed by atoms with van der Waals surface area (Å²) in [5.41, 5.74) is 4.55. The summed E-state index contributed by atoms with van der Waals surface area (Å²) >= 11 is 0. The van der Waals surface area contributed by atoms with E-state index in [0.717, 1.165) is 22.6 Å². The highest BCUT2D eigenvalue weighted by atomic mass is 16.5. The number of hydrogen-bond donors (Lipinski definition) is 1. The smallest absolute Gasteiger partial charge is 0.339 e. The van der Waals surface area contributed by atoms with E-state index in [2.05, 4.69) is 17.3 Å². The summed E-state index contributed by atoms with van der Waals surface area (Å²) < 4.78 is 6.69. The molecule has 0 aliphatic rings. The van der Waals surface area contributed by atoms with Crippen LogP contribution in [0, 0.1) is 13.8 Å². The first-order valence-electron chi connectivity index (χ1n) is 6.89. The zero-order valence-electron chi connectivity index (χ0n) is 13.1. The molecule has 0 saturated heterocycles. The highest BCUT2D eigenvalue weighted by Gasteiger charge is 2.18. The summed E-state index contributed by atoms with van der Waals surface area (Å²) in [6.07, 6.45) is 0. The Morgan fingerprint density at radius 3 is 2.57 bits per heavy atom. The van der Waals surface area contributed by atoms with Gasteiger partial charge in [0.05, 0.1) is 24.4 Å². The maximum absolute atomic E-state index is 11.8. The quantitative estimate of drug-likeness (QED) is 0.878. The SMILES string of the molecule is COC(=O)c1ccccc1NC(C)c1c(C)nn(C)c1C. The Hall–Kier alpha value is -2.30. The molecule has 0 fully saturated rings. The molecule has 2 rings (SSSR count). The number of carbonyl (C=O) groups excluding carboxylic acids is 1. The zero-order valence-corrected chi connectivity index (χ0v) is 13.1. The van der Waals surface area contributed by atoms with Crippen LogP contribution < -0.4 is 5.32 Å². The molecule has 21 heavy (non-hydrogen) atoms. The summed E-state index contributed by atoms with van der Waals surface area (Å²) in [5.74, 6) is -0.343. The zero-order chi connectivity index (χ0) is 15.6. The maximum Gasteiger partial charge on any atom is 0.339 e. The minimum absolute atomic E-state index is 0.0458. The number of aromatic nitrogens is 2. The van der Waals surface area contributed by atoms with Gasteiger partial charge in [0.15, 0.2) is 0 Å². The van der Waals surface area contributed by atoms with Crippen LogP contribution >= 0.6 is 0 Å². The number of esters is 1. The number of nitrogens with zero attached hydrogens (tertiary/aromatic N) is 2. The van der Waals surface area contributed by atoms with E-state index in [-0.39, 0.29) is 12.0 Å². The number of methoxy groups -OCH3 is 1. The predicted molar refractivity (Wildman–Crippen MR) is 82.5 cm³/mol. The van der Waals surface area contributed by atoms with Gasteiger partial charge in [-0.1, -0.05) is 12.1 Å². The number of ether oxygens (including phenoxy) is 1. The fourth-order valence-corrected chi connectivity index (χ4v) is 2.62. The van der Waals surface area contributed by atoms with E-state index in [1.54, 1.807) is 6.07 Å². The molecule has 0 radical (unpaired) electrons. The number of aryl methyl sites for hydroxylation is 2. The topological polar surface area (TPSA) is 56.1 Å². The van der Waals surface area contributed by atoms with Crippen LogP contribution in [-0.4, -0.2) is 22.9 Å². The van der Waals surface area contributed by atoms with Crippen molar-refractivity contribution < 1.29 is 9.53 Å². The van der Waals surface area contributed by atoms with Gasteiger partial charge in [0.25, 0.3) is 0 Å². The molecule has 0 spiro atoms. The minimum Gasteiger partial charge on any atom is -0.465 e. The van der Waals surface area contributed by atoms with Crippen LogP contribution in [0.5, 0.6) is 0 Å². The fraction of sp³-hybridized carbons (Fsp3) is 0.375. The minimum atomic E-state index is -0.343. The average molecular weight is 287 g/mol. The van der Waals surface area contributed by atoms with E-state index in [1.165, 1.54) is 7.11 Å². The maximum atomic E-state index is 11.8. The lowest BCUT2D eigenvalue weighted by atomic mass is 10.1. The lowest BCUT2D eigenvalue weighted by Crippen LogP contribution is -2.13. The highest BCUT2D eigenvalue weighted by molar-refractivity contribution is 5.95.